The van der Waals surface area contributed by atoms with Crippen molar-refractivity contribution in [1.82, 2.24) is 5.32 Å². The first-order valence-electron chi connectivity index (χ1n) is 30.6. The molecule has 0 aromatic heterocycles. The molecule has 0 aromatic rings. The lowest BCUT2D eigenvalue weighted by molar-refractivity contribution is -0.379. The molecule has 12 N–H and O–H groups in total. The lowest BCUT2D eigenvalue weighted by atomic mass is 9.96. The fourth-order valence-corrected chi connectivity index (χ4v) is 10.4. The monoisotopic (exact) mass is 1120 g/mol. The van der Waals surface area contributed by atoms with Gasteiger partial charge >= 0.3 is 0 Å². The average molecular weight is 1120 g/mol. The summed E-state index contributed by atoms with van der Waals surface area (Å²) in [7, 11) is 0. The average Bonchev–Trinajstić information content (AvgIpc) is 3.47. The summed E-state index contributed by atoms with van der Waals surface area (Å²) >= 11 is 0. The van der Waals surface area contributed by atoms with Gasteiger partial charge in [0.05, 0.1) is 38.6 Å². The highest BCUT2D eigenvalue weighted by molar-refractivity contribution is 5.76. The molecule has 19 heteroatoms. The molecule has 78 heavy (non-hydrogen) atoms. The second-order valence-electron chi connectivity index (χ2n) is 22.2. The van der Waals surface area contributed by atoms with Gasteiger partial charge in [-0.1, -0.05) is 199 Å². The van der Waals surface area contributed by atoms with Gasteiger partial charge in [0.25, 0.3) is 0 Å². The number of carbonyl (C=O) groups is 1. The van der Waals surface area contributed by atoms with Crippen LogP contribution in [0, 0.1) is 0 Å². The molecule has 19 nitrogen and oxygen atoms in total. The summed E-state index contributed by atoms with van der Waals surface area (Å²) in [5.41, 5.74) is 0. The minimum Gasteiger partial charge on any atom is -0.394 e. The fourth-order valence-electron chi connectivity index (χ4n) is 10.4. The van der Waals surface area contributed by atoms with Crippen LogP contribution in [-0.4, -0.2) is 193 Å². The third-order valence-corrected chi connectivity index (χ3v) is 15.5. The van der Waals surface area contributed by atoms with Crippen LogP contribution in [0.3, 0.4) is 0 Å². The SMILES string of the molecule is CCCCCCCCCC/C=C/CC/C=C/C(O)C(COC1OC(CO)C(OC2OC(CO)C(OC3OC(CO)C(O)C(O)C3O)C(O)C2O)C(O)C1O)NC(=O)CCCCCCCCCCCCCCCCCCCCC. The molecule has 3 rings (SSSR count). The standard InChI is InChI=1S/C59H109NO18/c1-3-5-7-9-11-13-15-17-19-20-21-22-23-25-27-29-31-33-35-37-47(65)60-42(43(64)36-34-32-30-28-26-24-18-16-14-12-10-8-6-4-2)41-73-57-53(71)50(68)55(45(39-62)75-57)78-59-54(72)51(69)56(46(40-63)76-59)77-58-52(70)49(67)48(66)44(38-61)74-58/h26,28,34,36,42-46,48-59,61-64,66-72H,3-25,27,29-33,35,37-41H2,1-2H3,(H,60,65)/b28-26+,36-34+. The molecule has 3 saturated heterocycles. The van der Waals surface area contributed by atoms with Gasteiger partial charge in [0, 0.05) is 6.42 Å². The number of aliphatic hydroxyl groups excluding tert-OH is 11. The normalized spacial score (nSPS) is 30.6. The predicted molar refractivity (Wildman–Crippen MR) is 296 cm³/mol. The van der Waals surface area contributed by atoms with E-state index in [1.165, 1.54) is 141 Å². The van der Waals surface area contributed by atoms with Crippen LogP contribution in [-0.2, 0) is 33.2 Å². The number of aliphatic hydroxyl groups is 11. The number of rotatable bonds is 45. The van der Waals surface area contributed by atoms with Crippen molar-refractivity contribution in [3.8, 4) is 0 Å². The molecule has 0 radical (unpaired) electrons. The van der Waals surface area contributed by atoms with Crippen LogP contribution in [0.4, 0.5) is 0 Å². The Labute approximate surface area is 467 Å². The molecule has 0 saturated carbocycles. The third kappa shape index (κ3) is 26.7. The first-order chi connectivity index (χ1) is 37.8. The van der Waals surface area contributed by atoms with Gasteiger partial charge in [-0.25, -0.2) is 0 Å². The number of ether oxygens (including phenoxy) is 6. The molecular weight excluding hydrogens is 1010 g/mol. The first-order valence-corrected chi connectivity index (χ1v) is 30.6. The summed E-state index contributed by atoms with van der Waals surface area (Å²) in [5.74, 6) is -0.283. The van der Waals surface area contributed by atoms with E-state index in [1.807, 2.05) is 6.08 Å². The van der Waals surface area contributed by atoms with E-state index in [4.69, 9.17) is 28.4 Å². The van der Waals surface area contributed by atoms with E-state index in [-0.39, 0.29) is 18.9 Å². The second kappa shape index (κ2) is 43.0. The van der Waals surface area contributed by atoms with Crippen molar-refractivity contribution >= 4 is 5.91 Å². The van der Waals surface area contributed by atoms with Gasteiger partial charge in [-0.3, -0.25) is 4.79 Å². The zero-order valence-corrected chi connectivity index (χ0v) is 47.7. The molecule has 3 aliphatic heterocycles. The highest BCUT2D eigenvalue weighted by atomic mass is 16.8. The van der Waals surface area contributed by atoms with E-state index in [0.717, 1.165) is 38.5 Å². The minimum absolute atomic E-state index is 0.240. The van der Waals surface area contributed by atoms with Crippen molar-refractivity contribution in [3.63, 3.8) is 0 Å². The van der Waals surface area contributed by atoms with Crippen LogP contribution in [0.5, 0.6) is 0 Å². The predicted octanol–water partition coefficient (Wildman–Crippen LogP) is 5.54. The number of hydrogen-bond acceptors (Lipinski definition) is 18. The fraction of sp³-hybridized carbons (Fsp3) is 0.915. The Hall–Kier alpha value is -1.73. The summed E-state index contributed by atoms with van der Waals surface area (Å²) in [6.07, 6.45) is 17.3. The molecular formula is C59H109NO18. The number of unbranched alkanes of at least 4 members (excludes halogenated alkanes) is 27. The van der Waals surface area contributed by atoms with Crippen molar-refractivity contribution in [3.05, 3.63) is 24.3 Å². The molecule has 1 amide bonds. The lowest BCUT2D eigenvalue weighted by Gasteiger charge is -2.48. The number of nitrogens with one attached hydrogen (secondary N) is 1. The molecule has 0 aliphatic carbocycles. The molecule has 458 valence electrons. The zero-order valence-electron chi connectivity index (χ0n) is 47.7. The van der Waals surface area contributed by atoms with Crippen molar-refractivity contribution in [2.75, 3.05) is 26.4 Å². The van der Waals surface area contributed by atoms with E-state index in [1.54, 1.807) is 6.08 Å². The van der Waals surface area contributed by atoms with E-state index in [0.29, 0.717) is 12.8 Å². The molecule has 0 bridgehead atoms. The molecule has 3 fully saturated rings. The summed E-state index contributed by atoms with van der Waals surface area (Å²) in [4.78, 5) is 13.3. The van der Waals surface area contributed by atoms with E-state index in [9.17, 15) is 61.0 Å². The maximum Gasteiger partial charge on any atom is 0.220 e. The second-order valence-corrected chi connectivity index (χ2v) is 22.2. The first kappa shape index (κ1) is 70.5. The topological polar surface area (TPSA) is 307 Å². The quantitative estimate of drug-likeness (QED) is 0.0263. The highest BCUT2D eigenvalue weighted by Crippen LogP contribution is 2.33. The zero-order chi connectivity index (χ0) is 56.9. The lowest BCUT2D eigenvalue weighted by Crippen LogP contribution is -2.66. The van der Waals surface area contributed by atoms with Crippen LogP contribution in [0.1, 0.15) is 213 Å². The Balaban J connectivity index is 1.50. The number of amides is 1. The molecule has 0 aromatic carbocycles. The molecule has 0 spiro atoms. The number of hydrogen-bond donors (Lipinski definition) is 12. The van der Waals surface area contributed by atoms with Crippen LogP contribution in [0.2, 0.25) is 0 Å². The van der Waals surface area contributed by atoms with Crippen molar-refractivity contribution in [1.29, 1.82) is 0 Å². The van der Waals surface area contributed by atoms with Crippen LogP contribution >= 0.6 is 0 Å². The Kier molecular flexibility index (Phi) is 38.9. The van der Waals surface area contributed by atoms with Gasteiger partial charge < -0.3 is 89.9 Å². The van der Waals surface area contributed by atoms with E-state index >= 15 is 0 Å². The molecule has 3 aliphatic rings. The van der Waals surface area contributed by atoms with Crippen LogP contribution in [0.25, 0.3) is 0 Å². The minimum atomic E-state index is -1.98. The largest absolute Gasteiger partial charge is 0.394 e. The maximum absolute atomic E-state index is 13.3. The Morgan fingerprint density at radius 2 is 0.821 bits per heavy atom. The van der Waals surface area contributed by atoms with Gasteiger partial charge in [0.2, 0.25) is 5.91 Å². The van der Waals surface area contributed by atoms with Gasteiger partial charge in [0.1, 0.15) is 73.2 Å². The molecule has 17 atom stereocenters. The van der Waals surface area contributed by atoms with E-state index < -0.39 is 124 Å². The van der Waals surface area contributed by atoms with Gasteiger partial charge in [-0.15, -0.1) is 0 Å². The Morgan fingerprint density at radius 1 is 0.449 bits per heavy atom. The summed E-state index contributed by atoms with van der Waals surface area (Å²) in [5, 5.41) is 120. The smallest absolute Gasteiger partial charge is 0.220 e. The summed E-state index contributed by atoms with van der Waals surface area (Å²) in [6.45, 7) is 1.70. The Bertz CT molecular complexity index is 1530. The van der Waals surface area contributed by atoms with Crippen molar-refractivity contribution in [2.45, 2.75) is 317 Å². The summed E-state index contributed by atoms with van der Waals surface area (Å²) in [6, 6.07) is -0.984. The molecule has 17 unspecified atom stereocenters. The molecule has 3 heterocycles. The van der Waals surface area contributed by atoms with Gasteiger partial charge in [0.15, 0.2) is 18.9 Å². The number of carbonyl (C=O) groups excluding carboxylic acids is 1. The Morgan fingerprint density at radius 3 is 1.28 bits per heavy atom. The van der Waals surface area contributed by atoms with E-state index in [2.05, 4.69) is 31.3 Å². The van der Waals surface area contributed by atoms with Gasteiger partial charge in [-0.2, -0.15) is 0 Å². The highest BCUT2D eigenvalue weighted by Gasteiger charge is 2.53. The third-order valence-electron chi connectivity index (χ3n) is 15.5. The van der Waals surface area contributed by atoms with Crippen molar-refractivity contribution < 1.29 is 89.4 Å². The van der Waals surface area contributed by atoms with Crippen molar-refractivity contribution in [2.24, 2.45) is 0 Å². The number of allylic oxidation sites excluding steroid dienone is 3. The van der Waals surface area contributed by atoms with Crippen LogP contribution < -0.4 is 5.32 Å². The van der Waals surface area contributed by atoms with Gasteiger partial charge in [-0.05, 0) is 32.1 Å². The van der Waals surface area contributed by atoms with Crippen LogP contribution in [0.15, 0.2) is 24.3 Å². The maximum atomic E-state index is 13.3. The summed E-state index contributed by atoms with van der Waals surface area (Å²) < 4.78 is 34.2.